The zero-order valence-corrected chi connectivity index (χ0v) is 21.8. The normalized spacial score (nSPS) is 14.6. The minimum atomic E-state index is -2.58. The molecular formula is C22H37ClN2O5Si. The van der Waals surface area contributed by atoms with Crippen molar-refractivity contribution in [2.75, 3.05) is 0 Å². The molecule has 0 bridgehead atoms. The number of ether oxygens (including phenoxy) is 1. The number of hydrogen-bond donors (Lipinski definition) is 2. The van der Waals surface area contributed by atoms with E-state index in [1.54, 1.807) is 32.9 Å². The first-order chi connectivity index (χ1) is 14.1. The van der Waals surface area contributed by atoms with E-state index in [9.17, 15) is 14.7 Å². The van der Waals surface area contributed by atoms with Gasteiger partial charge in [-0.2, -0.15) is 0 Å². The molecule has 1 rings (SSSR count). The average molecular weight is 473 g/mol. The lowest BCUT2D eigenvalue weighted by atomic mass is 10.1. The minimum Gasteiger partial charge on any atom is -0.479 e. The maximum absolute atomic E-state index is 12.6. The molecule has 0 spiro atoms. The third kappa shape index (κ3) is 7.19. The lowest BCUT2D eigenvalue weighted by Gasteiger charge is -2.45. The predicted molar refractivity (Wildman–Crippen MR) is 125 cm³/mol. The maximum atomic E-state index is 12.6. The number of nitrogens with zero attached hydrogens (tertiary/aromatic N) is 1. The number of aromatic nitrogens is 1. The molecule has 7 nitrogen and oxygen atoms in total. The molecule has 2 atom stereocenters. The Hall–Kier alpha value is -1.64. The van der Waals surface area contributed by atoms with Gasteiger partial charge >= 0.3 is 12.1 Å². The van der Waals surface area contributed by atoms with E-state index in [0.29, 0.717) is 10.7 Å². The van der Waals surface area contributed by atoms with Gasteiger partial charge in [-0.05, 0) is 49.5 Å². The van der Waals surface area contributed by atoms with Crippen LogP contribution in [0.25, 0.3) is 0 Å². The van der Waals surface area contributed by atoms with Gasteiger partial charge in [0.05, 0.1) is 10.7 Å². The van der Waals surface area contributed by atoms with E-state index >= 15 is 0 Å². The molecule has 0 aliphatic heterocycles. The van der Waals surface area contributed by atoms with E-state index in [1.165, 1.54) is 6.20 Å². The van der Waals surface area contributed by atoms with Gasteiger partial charge in [-0.3, -0.25) is 4.98 Å². The molecule has 2 N–H and O–H groups in total. The van der Waals surface area contributed by atoms with Crippen LogP contribution in [0, 0.1) is 0 Å². The van der Waals surface area contributed by atoms with Crippen molar-refractivity contribution < 1.29 is 23.9 Å². The summed E-state index contributed by atoms with van der Waals surface area (Å²) in [5, 5.41) is 13.3. The number of hydrogen-bond acceptors (Lipinski definition) is 5. The third-order valence-electron chi connectivity index (χ3n) is 5.33. The highest BCUT2D eigenvalue weighted by Gasteiger charge is 2.50. The standard InChI is InChI=1S/C22H37ClN2O5Si/c1-13(2)31(14(3)4,15(5)6)30-19(20(26)27)18(17-11-10-16(23)12-24-17)25-21(28)29-22(7,8)9/h10-15,18-19H,1-9H3,(H,25,28)(H,26,27)/t18-,19+/m0/s1. The largest absolute Gasteiger partial charge is 0.479 e. The first-order valence-electron chi connectivity index (χ1n) is 10.6. The number of amides is 1. The fraction of sp³-hybridized carbons (Fsp3) is 0.682. The zero-order valence-electron chi connectivity index (χ0n) is 20.0. The van der Waals surface area contributed by atoms with Gasteiger partial charge < -0.3 is 19.6 Å². The van der Waals surface area contributed by atoms with Gasteiger partial charge in [0.2, 0.25) is 8.32 Å². The lowest BCUT2D eigenvalue weighted by molar-refractivity contribution is -0.147. The van der Waals surface area contributed by atoms with Crippen LogP contribution in [0.15, 0.2) is 18.3 Å². The summed E-state index contributed by atoms with van der Waals surface area (Å²) in [5.41, 5.74) is 0.0782. The van der Waals surface area contributed by atoms with Crippen LogP contribution in [0.3, 0.4) is 0 Å². The molecule has 0 saturated carbocycles. The highest BCUT2D eigenvalue weighted by Crippen LogP contribution is 2.44. The Morgan fingerprint density at radius 3 is 1.94 bits per heavy atom. The van der Waals surface area contributed by atoms with Crippen molar-refractivity contribution in [3.8, 4) is 0 Å². The van der Waals surface area contributed by atoms with Gasteiger partial charge in [0.15, 0.2) is 6.10 Å². The van der Waals surface area contributed by atoms with Gasteiger partial charge in [0.25, 0.3) is 0 Å². The Kier molecular flexibility index (Phi) is 9.53. The van der Waals surface area contributed by atoms with E-state index in [4.69, 9.17) is 20.8 Å². The fourth-order valence-corrected chi connectivity index (χ4v) is 9.80. The van der Waals surface area contributed by atoms with E-state index in [1.807, 2.05) is 0 Å². The van der Waals surface area contributed by atoms with Crippen molar-refractivity contribution in [2.24, 2.45) is 0 Å². The molecule has 0 aliphatic rings. The molecule has 1 aromatic heterocycles. The minimum absolute atomic E-state index is 0.162. The molecule has 1 aromatic rings. The Morgan fingerprint density at radius 2 is 1.58 bits per heavy atom. The van der Waals surface area contributed by atoms with E-state index in [0.717, 1.165) is 0 Å². The summed E-state index contributed by atoms with van der Waals surface area (Å²) in [6.45, 7) is 17.6. The van der Waals surface area contributed by atoms with E-state index in [2.05, 4.69) is 51.8 Å². The van der Waals surface area contributed by atoms with Crippen LogP contribution >= 0.6 is 11.6 Å². The van der Waals surface area contributed by atoms with Crippen LogP contribution in [0.1, 0.15) is 74.0 Å². The first-order valence-corrected chi connectivity index (χ1v) is 13.1. The van der Waals surface area contributed by atoms with Crippen molar-refractivity contribution in [1.82, 2.24) is 10.3 Å². The number of carboxylic acid groups (broad SMARTS) is 1. The van der Waals surface area contributed by atoms with Crippen LogP contribution in [0.5, 0.6) is 0 Å². The van der Waals surface area contributed by atoms with Gasteiger partial charge in [-0.15, -0.1) is 0 Å². The van der Waals surface area contributed by atoms with Crippen LogP contribution < -0.4 is 5.32 Å². The first kappa shape index (κ1) is 27.4. The predicted octanol–water partition coefficient (Wildman–Crippen LogP) is 5.95. The number of carbonyl (C=O) groups excluding carboxylic acids is 1. The molecule has 0 fully saturated rings. The summed E-state index contributed by atoms with van der Waals surface area (Å²) in [6.07, 6.45) is -0.660. The Morgan fingerprint density at radius 1 is 1.06 bits per heavy atom. The summed E-state index contributed by atoms with van der Waals surface area (Å²) >= 11 is 5.97. The summed E-state index contributed by atoms with van der Waals surface area (Å²) < 4.78 is 11.9. The third-order valence-corrected chi connectivity index (χ3v) is 11.6. The Labute approximate surface area is 192 Å². The smallest absolute Gasteiger partial charge is 0.408 e. The van der Waals surface area contributed by atoms with Gasteiger partial charge in [0, 0.05) is 6.20 Å². The second kappa shape index (κ2) is 10.8. The molecule has 0 aromatic carbocycles. The molecule has 1 heterocycles. The summed E-state index contributed by atoms with van der Waals surface area (Å²) in [4.78, 5) is 29.3. The summed E-state index contributed by atoms with van der Waals surface area (Å²) in [6, 6.07) is 2.14. The highest BCUT2D eigenvalue weighted by atomic mass is 35.5. The van der Waals surface area contributed by atoms with Crippen molar-refractivity contribution in [2.45, 2.75) is 96.7 Å². The molecule has 1 amide bonds. The molecule has 0 saturated heterocycles. The lowest BCUT2D eigenvalue weighted by Crippen LogP contribution is -2.55. The number of carboxylic acids is 1. The number of aliphatic carboxylic acids is 1. The SMILES string of the molecule is CC(C)[Si](O[C@@H](C(=O)O)[C@@H](NC(=O)OC(C)(C)C)c1ccc(Cl)cn1)(C(C)C)C(C)C. The van der Waals surface area contributed by atoms with Gasteiger partial charge in [-0.1, -0.05) is 53.1 Å². The number of rotatable bonds is 9. The summed E-state index contributed by atoms with van der Waals surface area (Å²) in [5.74, 6) is -1.17. The van der Waals surface area contributed by atoms with Crippen molar-refractivity contribution >= 4 is 32.0 Å². The molecule has 0 radical (unpaired) electrons. The molecule has 31 heavy (non-hydrogen) atoms. The molecule has 176 valence electrons. The highest BCUT2D eigenvalue weighted by molar-refractivity contribution is 6.77. The molecule has 0 unspecified atom stereocenters. The average Bonchev–Trinajstić information content (AvgIpc) is 2.59. The van der Waals surface area contributed by atoms with Crippen LogP contribution in [0.4, 0.5) is 4.79 Å². The topological polar surface area (TPSA) is 97.8 Å². The maximum Gasteiger partial charge on any atom is 0.408 e. The van der Waals surface area contributed by atoms with Crippen molar-refractivity contribution in [3.05, 3.63) is 29.0 Å². The second-order valence-corrected chi connectivity index (χ2v) is 15.6. The number of nitrogens with one attached hydrogen (secondary N) is 1. The quantitative estimate of drug-likeness (QED) is 0.431. The number of carbonyl (C=O) groups is 2. The zero-order chi connectivity index (χ0) is 24.1. The monoisotopic (exact) mass is 472 g/mol. The molecule has 0 aliphatic carbocycles. The van der Waals surface area contributed by atoms with Gasteiger partial charge in [-0.25, -0.2) is 9.59 Å². The molecular weight excluding hydrogens is 436 g/mol. The Bertz CT molecular complexity index is 725. The number of pyridine rings is 1. The Balaban J connectivity index is 3.49. The fourth-order valence-electron chi connectivity index (χ4n) is 4.20. The number of halogens is 1. The van der Waals surface area contributed by atoms with Crippen LogP contribution in [0.2, 0.25) is 21.6 Å². The van der Waals surface area contributed by atoms with Gasteiger partial charge in [0.1, 0.15) is 11.6 Å². The van der Waals surface area contributed by atoms with Crippen LogP contribution in [-0.4, -0.2) is 42.2 Å². The van der Waals surface area contributed by atoms with E-state index in [-0.39, 0.29) is 16.6 Å². The molecule has 9 heteroatoms. The number of alkyl carbamates (subject to hydrolysis) is 1. The second-order valence-electron chi connectivity index (χ2n) is 9.72. The van der Waals surface area contributed by atoms with Crippen molar-refractivity contribution in [1.29, 1.82) is 0 Å². The summed E-state index contributed by atoms with van der Waals surface area (Å²) in [7, 11) is -2.58. The van der Waals surface area contributed by atoms with E-state index < -0.39 is 38.1 Å². The van der Waals surface area contributed by atoms with Crippen LogP contribution in [-0.2, 0) is 14.0 Å². The van der Waals surface area contributed by atoms with Crippen molar-refractivity contribution in [3.63, 3.8) is 0 Å².